The summed E-state index contributed by atoms with van der Waals surface area (Å²) in [6, 6.07) is 2.00. The summed E-state index contributed by atoms with van der Waals surface area (Å²) in [5, 5.41) is 7.73. The first-order valence-corrected chi connectivity index (χ1v) is 8.22. The molecule has 0 saturated carbocycles. The van der Waals surface area contributed by atoms with Crippen molar-refractivity contribution in [3.05, 3.63) is 23.5 Å². The lowest BCUT2D eigenvalue weighted by Gasteiger charge is -2.11. The lowest BCUT2D eigenvalue weighted by atomic mass is 10.2. The molecule has 0 aliphatic carbocycles. The number of rotatable bonds is 5. The highest BCUT2D eigenvalue weighted by Crippen LogP contribution is 2.34. The molecule has 20 heavy (non-hydrogen) atoms. The minimum Gasteiger partial charge on any atom is -0.370 e. The van der Waals surface area contributed by atoms with Gasteiger partial charge in [-0.3, -0.25) is 4.68 Å². The molecule has 0 spiro atoms. The molecule has 3 rings (SSSR count). The summed E-state index contributed by atoms with van der Waals surface area (Å²) in [7, 11) is 0. The van der Waals surface area contributed by atoms with Crippen LogP contribution in [-0.2, 0) is 18.1 Å². The predicted octanol–water partition coefficient (Wildman–Crippen LogP) is 2.93. The second-order valence-corrected chi connectivity index (χ2v) is 5.77. The molecule has 0 radical (unpaired) electrons. The third-order valence-corrected chi connectivity index (χ3v) is 4.27. The minimum atomic E-state index is 0.785. The van der Waals surface area contributed by atoms with Crippen LogP contribution in [0.15, 0.2) is 12.3 Å². The molecule has 2 aromatic heterocycles. The van der Waals surface area contributed by atoms with Gasteiger partial charge in [-0.15, -0.1) is 0 Å². The first-order valence-electron chi connectivity index (χ1n) is 7.07. The molecule has 2 aromatic rings. The summed E-state index contributed by atoms with van der Waals surface area (Å²) in [6.07, 6.45) is 2.87. The van der Waals surface area contributed by atoms with E-state index in [1.807, 2.05) is 28.7 Å². The lowest BCUT2D eigenvalue weighted by molar-refractivity contribution is 0.606. The number of fused-ring (bicyclic) bond motifs is 1. The van der Waals surface area contributed by atoms with E-state index in [0.717, 1.165) is 48.4 Å². The van der Waals surface area contributed by atoms with Crippen LogP contribution in [0.1, 0.15) is 31.5 Å². The van der Waals surface area contributed by atoms with Gasteiger partial charge in [0.25, 0.3) is 0 Å². The van der Waals surface area contributed by atoms with E-state index in [-0.39, 0.29) is 0 Å². The molecule has 0 fully saturated rings. The van der Waals surface area contributed by atoms with E-state index in [0.29, 0.717) is 0 Å². The van der Waals surface area contributed by atoms with Crippen molar-refractivity contribution in [2.75, 3.05) is 11.9 Å². The topological polar surface area (TPSA) is 55.6 Å². The van der Waals surface area contributed by atoms with Crippen molar-refractivity contribution in [1.29, 1.82) is 0 Å². The van der Waals surface area contributed by atoms with Crippen molar-refractivity contribution in [1.82, 2.24) is 19.7 Å². The standard InChI is InChI=1S/C14H19N5S/c1-3-7-19-12(5-6-16-19)14-17-11-9-20-8-10(11)13(18-14)15-4-2/h5-6H,3-4,7-9H2,1-2H3,(H,15,17,18). The Hall–Kier alpha value is -1.56. The van der Waals surface area contributed by atoms with Gasteiger partial charge in [0, 0.05) is 36.4 Å². The van der Waals surface area contributed by atoms with Gasteiger partial charge in [0.05, 0.1) is 5.69 Å². The fourth-order valence-corrected chi connectivity index (χ4v) is 3.43. The van der Waals surface area contributed by atoms with Crippen LogP contribution in [0.2, 0.25) is 0 Å². The molecule has 106 valence electrons. The van der Waals surface area contributed by atoms with E-state index in [9.17, 15) is 0 Å². The number of anilines is 1. The molecule has 0 saturated heterocycles. The highest BCUT2D eigenvalue weighted by atomic mass is 32.2. The highest BCUT2D eigenvalue weighted by Gasteiger charge is 2.21. The lowest BCUT2D eigenvalue weighted by Crippen LogP contribution is -2.09. The van der Waals surface area contributed by atoms with Crippen LogP contribution in [0.3, 0.4) is 0 Å². The average Bonchev–Trinajstić information content (AvgIpc) is 3.07. The molecule has 3 heterocycles. The smallest absolute Gasteiger partial charge is 0.180 e. The quantitative estimate of drug-likeness (QED) is 0.917. The highest BCUT2D eigenvalue weighted by molar-refractivity contribution is 7.98. The van der Waals surface area contributed by atoms with Crippen molar-refractivity contribution in [2.24, 2.45) is 0 Å². The SMILES string of the molecule is CCCn1nccc1-c1nc2c(c(NCC)n1)CSC2. The first-order chi connectivity index (χ1) is 9.83. The van der Waals surface area contributed by atoms with Gasteiger partial charge in [0.1, 0.15) is 11.5 Å². The molecule has 0 atom stereocenters. The van der Waals surface area contributed by atoms with Crippen LogP contribution in [0.25, 0.3) is 11.5 Å². The van der Waals surface area contributed by atoms with E-state index >= 15 is 0 Å². The van der Waals surface area contributed by atoms with Crippen LogP contribution in [0, 0.1) is 0 Å². The summed E-state index contributed by atoms with van der Waals surface area (Å²) in [6.45, 7) is 6.02. The predicted molar refractivity (Wildman–Crippen MR) is 82.7 cm³/mol. The molecule has 6 heteroatoms. The van der Waals surface area contributed by atoms with Crippen molar-refractivity contribution in [2.45, 2.75) is 38.3 Å². The Labute approximate surface area is 123 Å². The fraction of sp³-hybridized carbons (Fsp3) is 0.500. The van der Waals surface area contributed by atoms with Gasteiger partial charge in [0.2, 0.25) is 0 Å². The van der Waals surface area contributed by atoms with Crippen molar-refractivity contribution in [3.63, 3.8) is 0 Å². The third-order valence-electron chi connectivity index (χ3n) is 3.30. The van der Waals surface area contributed by atoms with Crippen molar-refractivity contribution >= 4 is 17.6 Å². The summed E-state index contributed by atoms with van der Waals surface area (Å²) < 4.78 is 1.99. The van der Waals surface area contributed by atoms with E-state index in [1.54, 1.807) is 0 Å². The van der Waals surface area contributed by atoms with Gasteiger partial charge in [0.15, 0.2) is 5.82 Å². The monoisotopic (exact) mass is 289 g/mol. The Morgan fingerprint density at radius 3 is 3.00 bits per heavy atom. The number of hydrogen-bond donors (Lipinski definition) is 1. The number of nitrogens with zero attached hydrogens (tertiary/aromatic N) is 4. The fourth-order valence-electron chi connectivity index (χ4n) is 2.39. The van der Waals surface area contributed by atoms with Crippen molar-refractivity contribution < 1.29 is 0 Å². The Balaban J connectivity index is 2.05. The Morgan fingerprint density at radius 1 is 1.30 bits per heavy atom. The van der Waals surface area contributed by atoms with Gasteiger partial charge in [-0.2, -0.15) is 16.9 Å². The number of nitrogens with one attached hydrogen (secondary N) is 1. The molecular weight excluding hydrogens is 270 g/mol. The number of aryl methyl sites for hydroxylation is 1. The molecule has 1 aliphatic heterocycles. The van der Waals surface area contributed by atoms with Crippen LogP contribution >= 0.6 is 11.8 Å². The Morgan fingerprint density at radius 2 is 2.20 bits per heavy atom. The average molecular weight is 289 g/mol. The van der Waals surface area contributed by atoms with Crippen LogP contribution in [-0.4, -0.2) is 26.3 Å². The van der Waals surface area contributed by atoms with Gasteiger partial charge >= 0.3 is 0 Å². The van der Waals surface area contributed by atoms with Gasteiger partial charge < -0.3 is 5.32 Å². The van der Waals surface area contributed by atoms with Gasteiger partial charge in [-0.25, -0.2) is 9.97 Å². The van der Waals surface area contributed by atoms with Gasteiger partial charge in [-0.1, -0.05) is 6.92 Å². The Kier molecular flexibility index (Phi) is 3.91. The number of thioether (sulfide) groups is 1. The van der Waals surface area contributed by atoms with Gasteiger partial charge in [-0.05, 0) is 19.4 Å². The van der Waals surface area contributed by atoms with Crippen LogP contribution in [0.5, 0.6) is 0 Å². The van der Waals surface area contributed by atoms with E-state index in [2.05, 4.69) is 24.3 Å². The van der Waals surface area contributed by atoms with Crippen LogP contribution in [0.4, 0.5) is 5.82 Å². The zero-order valence-electron chi connectivity index (χ0n) is 11.9. The van der Waals surface area contributed by atoms with E-state index in [4.69, 9.17) is 9.97 Å². The normalized spacial score (nSPS) is 13.5. The zero-order valence-corrected chi connectivity index (χ0v) is 12.7. The van der Waals surface area contributed by atoms with Crippen molar-refractivity contribution in [3.8, 4) is 11.5 Å². The van der Waals surface area contributed by atoms with E-state index < -0.39 is 0 Å². The number of aromatic nitrogens is 4. The third kappa shape index (κ3) is 2.40. The number of hydrogen-bond acceptors (Lipinski definition) is 5. The zero-order chi connectivity index (χ0) is 13.9. The molecule has 1 N–H and O–H groups in total. The van der Waals surface area contributed by atoms with Crippen LogP contribution < -0.4 is 5.32 Å². The molecule has 0 bridgehead atoms. The molecule has 0 amide bonds. The molecule has 1 aliphatic rings. The summed E-state index contributed by atoms with van der Waals surface area (Å²) in [4.78, 5) is 9.47. The second kappa shape index (κ2) is 5.83. The Bertz CT molecular complexity index is 608. The molecule has 5 nitrogen and oxygen atoms in total. The molecular formula is C14H19N5S. The maximum absolute atomic E-state index is 4.75. The largest absolute Gasteiger partial charge is 0.370 e. The minimum absolute atomic E-state index is 0.785. The van der Waals surface area contributed by atoms with E-state index in [1.165, 1.54) is 11.3 Å². The molecule has 0 aromatic carbocycles. The maximum atomic E-state index is 4.75. The summed E-state index contributed by atoms with van der Waals surface area (Å²) in [5.41, 5.74) is 3.44. The molecule has 0 unspecified atom stereocenters. The summed E-state index contributed by atoms with van der Waals surface area (Å²) >= 11 is 1.90. The second-order valence-electron chi connectivity index (χ2n) is 4.78. The first kappa shape index (κ1) is 13.4. The maximum Gasteiger partial charge on any atom is 0.180 e. The summed E-state index contributed by atoms with van der Waals surface area (Å²) in [5.74, 6) is 3.76.